The number of nitrogens with zero attached hydrogens (tertiary/aromatic N) is 3. The predicted octanol–water partition coefficient (Wildman–Crippen LogP) is 7.54. The summed E-state index contributed by atoms with van der Waals surface area (Å²) in [6.07, 6.45) is -0.857. The molecule has 3 aliphatic rings. The van der Waals surface area contributed by atoms with Gasteiger partial charge in [-0.3, -0.25) is 19.3 Å². The smallest absolute Gasteiger partial charge is 0.266 e. The van der Waals surface area contributed by atoms with Crippen molar-refractivity contribution < 1.29 is 38.5 Å². The highest BCUT2D eigenvalue weighted by molar-refractivity contribution is 6.71. The van der Waals surface area contributed by atoms with Gasteiger partial charge in [-0.15, -0.1) is 0 Å². The molecule has 3 amide bonds. The van der Waals surface area contributed by atoms with E-state index in [0.717, 1.165) is 11.1 Å². The number of carbonyl (C=O) groups is 3. The van der Waals surface area contributed by atoms with E-state index in [0.29, 0.717) is 52.0 Å². The Morgan fingerprint density at radius 3 is 2.31 bits per heavy atom. The van der Waals surface area contributed by atoms with E-state index in [4.69, 9.17) is 14.2 Å². The second kappa shape index (κ2) is 15.5. The van der Waals surface area contributed by atoms with E-state index in [1.54, 1.807) is 46.1 Å². The molecule has 58 heavy (non-hydrogen) atoms. The van der Waals surface area contributed by atoms with Crippen LogP contribution in [0.4, 0.5) is 17.1 Å². The normalized spacial score (nSPS) is 21.0. The maximum atomic E-state index is 15.3. The molecule has 298 valence electrons. The third-order valence-electron chi connectivity index (χ3n) is 11.7. The molecule has 1 spiro atoms. The second-order valence-electron chi connectivity index (χ2n) is 15.7. The Bertz CT molecular complexity index is 2370. The molecule has 5 aromatic rings. The molecule has 0 radical (unpaired) electrons. The number of anilines is 3. The lowest BCUT2D eigenvalue weighted by molar-refractivity contribution is -0.150. The average Bonchev–Trinajstić information content (AvgIpc) is 3.58. The number of rotatable bonds is 11. The van der Waals surface area contributed by atoms with Crippen LogP contribution in [0.25, 0.3) is 0 Å². The summed E-state index contributed by atoms with van der Waals surface area (Å²) in [6.45, 7) is 5.95. The molecule has 2 N–H and O–H groups in total. The van der Waals surface area contributed by atoms with Gasteiger partial charge in [-0.25, -0.2) is 0 Å². The predicted molar refractivity (Wildman–Crippen MR) is 223 cm³/mol. The largest absolute Gasteiger partial charge is 0.497 e. The zero-order chi connectivity index (χ0) is 40.8. The van der Waals surface area contributed by atoms with Gasteiger partial charge in [-0.05, 0) is 78.8 Å². The molecule has 5 aromatic carbocycles. The van der Waals surface area contributed by atoms with Crippen molar-refractivity contribution in [1.29, 1.82) is 0 Å². The van der Waals surface area contributed by atoms with E-state index in [1.807, 2.05) is 117 Å². The van der Waals surface area contributed by atoms with Crippen molar-refractivity contribution in [2.24, 2.45) is 5.92 Å². The second-order valence-corrected chi connectivity index (χ2v) is 19.7. The quantitative estimate of drug-likeness (QED) is 0.131. The molecule has 11 nitrogen and oxygen atoms in total. The maximum absolute atomic E-state index is 15.3. The zero-order valence-corrected chi connectivity index (χ0v) is 34.0. The van der Waals surface area contributed by atoms with Gasteiger partial charge in [0.05, 0.1) is 49.7 Å². The van der Waals surface area contributed by atoms with Crippen molar-refractivity contribution in [3.05, 3.63) is 144 Å². The van der Waals surface area contributed by atoms with Gasteiger partial charge in [-0.1, -0.05) is 73.7 Å². The number of hydrogen-bond acceptors (Lipinski definition) is 8. The van der Waals surface area contributed by atoms with Crippen LogP contribution in [0.5, 0.6) is 17.2 Å². The summed E-state index contributed by atoms with van der Waals surface area (Å²) in [5.41, 5.74) is 2.54. The Morgan fingerprint density at radius 1 is 0.862 bits per heavy atom. The molecular weight excluding hydrogens is 751 g/mol. The van der Waals surface area contributed by atoms with E-state index < -0.39 is 31.5 Å². The Balaban J connectivity index is 1.14. The topological polar surface area (TPSA) is 129 Å². The van der Waals surface area contributed by atoms with Crippen molar-refractivity contribution in [1.82, 2.24) is 4.90 Å². The fourth-order valence-electron chi connectivity index (χ4n) is 9.10. The van der Waals surface area contributed by atoms with Crippen LogP contribution in [0.2, 0.25) is 18.6 Å². The lowest BCUT2D eigenvalue weighted by Crippen LogP contribution is -2.46. The molecule has 12 heteroatoms. The number of para-hydroxylation sites is 3. The van der Waals surface area contributed by atoms with Crippen molar-refractivity contribution in [2.75, 3.05) is 30.1 Å². The monoisotopic (exact) mass is 797 g/mol. The molecule has 4 atom stereocenters. The Hall–Kier alpha value is -5.79. The summed E-state index contributed by atoms with van der Waals surface area (Å²) in [4.78, 5) is 60.3. The van der Waals surface area contributed by atoms with Gasteiger partial charge >= 0.3 is 0 Å². The van der Waals surface area contributed by atoms with Crippen LogP contribution >= 0.6 is 0 Å². The number of methoxy groups -OCH3 is 1. The van der Waals surface area contributed by atoms with Crippen LogP contribution in [-0.4, -0.2) is 67.2 Å². The van der Waals surface area contributed by atoms with E-state index in [9.17, 15) is 19.5 Å². The van der Waals surface area contributed by atoms with Gasteiger partial charge in [0, 0.05) is 35.8 Å². The van der Waals surface area contributed by atoms with Crippen molar-refractivity contribution in [3.63, 3.8) is 0 Å². The number of fused-ring (bicyclic) bond motifs is 4. The number of amides is 3. The van der Waals surface area contributed by atoms with Gasteiger partial charge < -0.3 is 33.9 Å². The number of aliphatic hydroxyl groups is 1. The van der Waals surface area contributed by atoms with Crippen LogP contribution in [0.15, 0.2) is 121 Å². The van der Waals surface area contributed by atoms with Crippen LogP contribution < -0.4 is 19.3 Å². The summed E-state index contributed by atoms with van der Waals surface area (Å²) in [5, 5.41) is 9.91. The third-order valence-corrected chi connectivity index (χ3v) is 14.2. The minimum Gasteiger partial charge on any atom is -0.497 e. The first-order valence-corrected chi connectivity index (χ1v) is 22.6. The summed E-state index contributed by atoms with van der Waals surface area (Å²) in [7, 11) is -1.53. The van der Waals surface area contributed by atoms with Crippen LogP contribution in [-0.2, 0) is 33.0 Å². The summed E-state index contributed by atoms with van der Waals surface area (Å²) in [6, 6.07) is 37.1. The van der Waals surface area contributed by atoms with Crippen LogP contribution in [0, 0.1) is 5.92 Å². The summed E-state index contributed by atoms with van der Waals surface area (Å²) in [5.74, 6) is 0.242. The Kier molecular flexibility index (Phi) is 10.4. The molecule has 0 aliphatic carbocycles. The highest BCUT2D eigenvalue weighted by Crippen LogP contribution is 2.60. The van der Waals surface area contributed by atoms with Gasteiger partial charge in [0.2, 0.25) is 5.91 Å². The number of ether oxygens (including phenoxy) is 3. The number of carbonyl (C=O) groups excluding carboxylic acids is 3. The molecule has 0 saturated carbocycles. The SMILES string of the molecule is COc1ccc2c(c1)[C@]1(O[C@@H](CC(=O)N(CCO)Cc3ccccc3)[C@H]([Si](C)(C)O)[C@H]1C)C(=O)N2Cc1cccc(N2C(=O)c3ccccc3Oc3ccccc32)c1. The van der Waals surface area contributed by atoms with Gasteiger partial charge in [0.1, 0.15) is 11.5 Å². The number of aliphatic hydroxyl groups excluding tert-OH is 1. The van der Waals surface area contributed by atoms with E-state index in [1.165, 1.54) is 0 Å². The van der Waals surface area contributed by atoms with Crippen molar-refractivity contribution in [2.45, 2.75) is 56.8 Å². The molecular formula is C46H47N3O8Si. The molecule has 1 saturated heterocycles. The fourth-order valence-corrected chi connectivity index (χ4v) is 11.7. The molecule has 0 bridgehead atoms. The Morgan fingerprint density at radius 2 is 1.57 bits per heavy atom. The fraction of sp³-hybridized carbons (Fsp3) is 0.283. The number of benzene rings is 5. The average molecular weight is 798 g/mol. The van der Waals surface area contributed by atoms with Crippen molar-refractivity contribution >= 4 is 43.1 Å². The Labute approximate surface area is 339 Å². The van der Waals surface area contributed by atoms with Crippen LogP contribution in [0.3, 0.4) is 0 Å². The molecule has 3 heterocycles. The van der Waals surface area contributed by atoms with Crippen LogP contribution in [0.1, 0.15) is 40.4 Å². The minimum absolute atomic E-state index is 0.0760. The van der Waals surface area contributed by atoms with Gasteiger partial charge in [-0.2, -0.15) is 0 Å². The lowest BCUT2D eigenvalue weighted by Gasteiger charge is -2.32. The van der Waals surface area contributed by atoms with Gasteiger partial charge in [0.25, 0.3) is 11.8 Å². The van der Waals surface area contributed by atoms with Crippen molar-refractivity contribution in [3.8, 4) is 17.2 Å². The third kappa shape index (κ3) is 6.85. The first-order valence-electron chi connectivity index (χ1n) is 19.6. The molecule has 3 aliphatic heterocycles. The maximum Gasteiger partial charge on any atom is 0.266 e. The van der Waals surface area contributed by atoms with E-state index in [2.05, 4.69) is 0 Å². The van der Waals surface area contributed by atoms with E-state index in [-0.39, 0.29) is 43.8 Å². The summed E-state index contributed by atoms with van der Waals surface area (Å²) >= 11 is 0. The first-order chi connectivity index (χ1) is 27.9. The molecule has 1 fully saturated rings. The zero-order valence-electron chi connectivity index (χ0n) is 33.0. The highest BCUT2D eigenvalue weighted by Gasteiger charge is 2.66. The molecule has 0 unspecified atom stereocenters. The summed E-state index contributed by atoms with van der Waals surface area (Å²) < 4.78 is 18.9. The lowest BCUT2D eigenvalue weighted by atomic mass is 9.82. The standard InChI is InChI=1S/C46H47N3O8Si/c1-30-43(58(3,4)54)41(27-42(51)47(23-24-50)28-31-13-6-5-7-14-31)57-46(30)36-26-34(55-2)21-22-37(36)48(45(46)53)29-32-15-12-16-33(25-32)49-38-18-9-11-20-40(38)56-39-19-10-8-17-35(39)44(49)52/h5-22,25-26,30,41,43,50,54H,23-24,27-29H2,1-4H3/t30-,41+,43-,46+/m1/s1. The van der Waals surface area contributed by atoms with Gasteiger partial charge in [0.15, 0.2) is 19.7 Å². The molecule has 0 aromatic heterocycles. The minimum atomic E-state index is -3.09. The highest BCUT2D eigenvalue weighted by atomic mass is 28.4. The molecule has 8 rings (SSSR count). The number of hydrogen-bond donors (Lipinski definition) is 2. The van der Waals surface area contributed by atoms with E-state index >= 15 is 4.79 Å². The first kappa shape index (κ1) is 39.1.